The van der Waals surface area contributed by atoms with Crippen molar-refractivity contribution in [3.05, 3.63) is 72.4 Å². The number of rotatable bonds is 8. The van der Waals surface area contributed by atoms with E-state index in [0.717, 1.165) is 0 Å². The van der Waals surface area contributed by atoms with Gasteiger partial charge in [-0.3, -0.25) is 9.78 Å². The minimum Gasteiger partial charge on any atom is -0.497 e. The summed E-state index contributed by atoms with van der Waals surface area (Å²) in [5, 5.41) is 3.58. The van der Waals surface area contributed by atoms with E-state index in [-0.39, 0.29) is 21.1 Å². The molecule has 3 N–H and O–H groups in total. The van der Waals surface area contributed by atoms with Gasteiger partial charge in [0.2, 0.25) is 9.84 Å². The Hall–Kier alpha value is -4.31. The zero-order chi connectivity index (χ0) is 25.2. The fourth-order valence-electron chi connectivity index (χ4n) is 3.63. The van der Waals surface area contributed by atoms with Crippen LogP contribution in [-0.4, -0.2) is 40.6 Å². The van der Waals surface area contributed by atoms with Gasteiger partial charge in [0, 0.05) is 29.4 Å². The molecule has 3 aromatic carbocycles. The van der Waals surface area contributed by atoms with Crippen molar-refractivity contribution in [3.63, 3.8) is 0 Å². The summed E-state index contributed by atoms with van der Waals surface area (Å²) in [5.41, 5.74) is 7.14. The van der Waals surface area contributed by atoms with E-state index in [4.69, 9.17) is 19.9 Å². The summed E-state index contributed by atoms with van der Waals surface area (Å²) in [6, 6.07) is 15.9. The van der Waals surface area contributed by atoms with Gasteiger partial charge in [0.15, 0.2) is 11.5 Å². The van der Waals surface area contributed by atoms with E-state index in [1.807, 2.05) is 0 Å². The number of nitrogens with one attached hydrogen (secondary N) is 1. The minimum atomic E-state index is -3.95. The highest BCUT2D eigenvalue weighted by Crippen LogP contribution is 2.35. The fraction of sp³-hybridized carbons (Fsp3) is 0.120. The number of hydrogen-bond acceptors (Lipinski definition) is 8. The number of nitrogens with two attached hydrogens (primary N) is 1. The van der Waals surface area contributed by atoms with E-state index in [9.17, 15) is 13.2 Å². The van der Waals surface area contributed by atoms with E-state index in [0.29, 0.717) is 33.8 Å². The Morgan fingerprint density at radius 1 is 0.886 bits per heavy atom. The third-order valence-corrected chi connectivity index (χ3v) is 7.17. The van der Waals surface area contributed by atoms with Crippen LogP contribution in [0.5, 0.6) is 17.2 Å². The van der Waals surface area contributed by atoms with Gasteiger partial charge in [0.1, 0.15) is 5.75 Å². The Labute approximate surface area is 202 Å². The number of anilines is 2. The number of sulfone groups is 1. The smallest absolute Gasteiger partial charge is 0.252 e. The molecule has 4 aromatic rings. The third kappa shape index (κ3) is 4.56. The summed E-state index contributed by atoms with van der Waals surface area (Å²) >= 11 is 0. The van der Waals surface area contributed by atoms with Crippen molar-refractivity contribution in [2.24, 2.45) is 5.73 Å². The summed E-state index contributed by atoms with van der Waals surface area (Å²) in [4.78, 5) is 16.5. The fourth-order valence-corrected chi connectivity index (χ4v) is 4.93. The standard InChI is InChI=1S/C25H23N3O6S/c1-32-16-6-4-5-15(11-16)28-24-19-12-17(7-9-21(19)27-14-20(24)25(26)29)35(30,31)18-8-10-22(33-2)23(13-18)34-3/h4-14H,1-3H3,(H2,26,29)(H,27,28). The van der Waals surface area contributed by atoms with Crippen molar-refractivity contribution in [3.8, 4) is 17.2 Å². The van der Waals surface area contributed by atoms with E-state index >= 15 is 0 Å². The van der Waals surface area contributed by atoms with Crippen molar-refractivity contribution < 1.29 is 27.4 Å². The van der Waals surface area contributed by atoms with Gasteiger partial charge in [0.25, 0.3) is 5.91 Å². The molecule has 0 saturated heterocycles. The van der Waals surface area contributed by atoms with Crippen LogP contribution in [0.25, 0.3) is 10.9 Å². The summed E-state index contributed by atoms with van der Waals surface area (Å²) in [6.45, 7) is 0. The van der Waals surface area contributed by atoms with Crippen LogP contribution in [0.3, 0.4) is 0 Å². The Kier molecular flexibility index (Phi) is 6.48. The largest absolute Gasteiger partial charge is 0.497 e. The number of hydrogen-bond donors (Lipinski definition) is 2. The van der Waals surface area contributed by atoms with Crippen LogP contribution < -0.4 is 25.3 Å². The molecule has 0 saturated carbocycles. The molecule has 9 nitrogen and oxygen atoms in total. The Bertz CT molecular complexity index is 1540. The van der Waals surface area contributed by atoms with Gasteiger partial charge in [-0.25, -0.2) is 8.42 Å². The zero-order valence-electron chi connectivity index (χ0n) is 19.2. The number of primary amides is 1. The molecule has 1 amide bonds. The lowest BCUT2D eigenvalue weighted by Gasteiger charge is -2.15. The second-order valence-electron chi connectivity index (χ2n) is 7.47. The first-order valence-electron chi connectivity index (χ1n) is 10.4. The van der Waals surface area contributed by atoms with Crippen LogP contribution in [0.2, 0.25) is 0 Å². The van der Waals surface area contributed by atoms with Crippen LogP contribution in [0.4, 0.5) is 11.4 Å². The van der Waals surface area contributed by atoms with Crippen molar-refractivity contribution in [2.75, 3.05) is 26.6 Å². The van der Waals surface area contributed by atoms with Gasteiger partial charge in [-0.15, -0.1) is 0 Å². The zero-order valence-corrected chi connectivity index (χ0v) is 20.0. The van der Waals surface area contributed by atoms with Crippen LogP contribution in [0, 0.1) is 0 Å². The Balaban J connectivity index is 1.88. The molecule has 0 spiro atoms. The summed E-state index contributed by atoms with van der Waals surface area (Å²) in [6.07, 6.45) is 1.36. The quantitative estimate of drug-likeness (QED) is 0.378. The highest BCUT2D eigenvalue weighted by molar-refractivity contribution is 7.91. The number of benzene rings is 3. The number of ether oxygens (including phenoxy) is 3. The first-order valence-corrected chi connectivity index (χ1v) is 11.9. The molecule has 180 valence electrons. The number of pyridine rings is 1. The van der Waals surface area contributed by atoms with Crippen molar-refractivity contribution in [1.82, 2.24) is 4.98 Å². The van der Waals surface area contributed by atoms with Gasteiger partial charge in [-0.05, 0) is 42.5 Å². The molecule has 0 bridgehead atoms. The molecule has 0 aliphatic heterocycles. The number of fused-ring (bicyclic) bond motifs is 1. The normalized spacial score (nSPS) is 11.2. The maximum absolute atomic E-state index is 13.5. The lowest BCUT2D eigenvalue weighted by molar-refractivity contribution is 0.100. The first-order chi connectivity index (χ1) is 16.8. The van der Waals surface area contributed by atoms with Gasteiger partial charge >= 0.3 is 0 Å². The number of aromatic nitrogens is 1. The van der Waals surface area contributed by atoms with Gasteiger partial charge in [-0.2, -0.15) is 0 Å². The maximum Gasteiger partial charge on any atom is 0.252 e. The number of methoxy groups -OCH3 is 3. The summed E-state index contributed by atoms with van der Waals surface area (Å²) < 4.78 is 42.7. The molecule has 0 radical (unpaired) electrons. The second kappa shape index (κ2) is 9.51. The maximum atomic E-state index is 13.5. The molecule has 35 heavy (non-hydrogen) atoms. The molecule has 1 aromatic heterocycles. The number of carbonyl (C=O) groups is 1. The predicted octanol–water partition coefficient (Wildman–Crippen LogP) is 3.94. The van der Waals surface area contributed by atoms with Gasteiger partial charge in [-0.1, -0.05) is 6.07 Å². The SMILES string of the molecule is COc1cccc(Nc2c(C(N)=O)cnc3ccc(S(=O)(=O)c4ccc(OC)c(OC)c4)cc23)c1. The van der Waals surface area contributed by atoms with E-state index < -0.39 is 15.7 Å². The molecular weight excluding hydrogens is 470 g/mol. The molecule has 0 aliphatic carbocycles. The number of amides is 1. The average Bonchev–Trinajstić information content (AvgIpc) is 2.87. The van der Waals surface area contributed by atoms with Crippen LogP contribution in [0.15, 0.2) is 76.7 Å². The third-order valence-electron chi connectivity index (χ3n) is 5.42. The highest BCUT2D eigenvalue weighted by Gasteiger charge is 2.22. The molecule has 1 heterocycles. The molecule has 0 atom stereocenters. The average molecular weight is 494 g/mol. The van der Waals surface area contributed by atoms with Crippen LogP contribution in [-0.2, 0) is 9.84 Å². The molecular formula is C25H23N3O6S. The van der Waals surface area contributed by atoms with E-state index in [1.165, 1.54) is 50.7 Å². The van der Waals surface area contributed by atoms with Gasteiger partial charge in [0.05, 0.1) is 47.9 Å². The van der Waals surface area contributed by atoms with Crippen LogP contribution >= 0.6 is 0 Å². The van der Waals surface area contributed by atoms with Crippen molar-refractivity contribution >= 4 is 38.0 Å². The van der Waals surface area contributed by atoms with Crippen LogP contribution in [0.1, 0.15) is 10.4 Å². The van der Waals surface area contributed by atoms with Crippen molar-refractivity contribution in [2.45, 2.75) is 9.79 Å². The van der Waals surface area contributed by atoms with E-state index in [1.54, 1.807) is 37.4 Å². The topological polar surface area (TPSA) is 130 Å². The summed E-state index contributed by atoms with van der Waals surface area (Å²) in [7, 11) is 0.490. The lowest BCUT2D eigenvalue weighted by Crippen LogP contribution is -2.14. The lowest BCUT2D eigenvalue weighted by atomic mass is 10.1. The monoisotopic (exact) mass is 493 g/mol. The van der Waals surface area contributed by atoms with Gasteiger partial charge < -0.3 is 25.3 Å². The molecule has 4 rings (SSSR count). The summed E-state index contributed by atoms with van der Waals surface area (Å²) in [5.74, 6) is 0.584. The highest BCUT2D eigenvalue weighted by atomic mass is 32.2. The molecule has 0 aliphatic rings. The Morgan fingerprint density at radius 3 is 2.29 bits per heavy atom. The second-order valence-corrected chi connectivity index (χ2v) is 9.42. The predicted molar refractivity (Wildman–Crippen MR) is 132 cm³/mol. The first kappa shape index (κ1) is 23.8. The molecule has 0 fully saturated rings. The molecule has 10 heteroatoms. The van der Waals surface area contributed by atoms with Crippen molar-refractivity contribution in [1.29, 1.82) is 0 Å². The number of carbonyl (C=O) groups excluding carboxylic acids is 1. The number of nitrogens with zero attached hydrogens (tertiary/aromatic N) is 1. The Morgan fingerprint density at radius 2 is 1.60 bits per heavy atom. The minimum absolute atomic E-state index is 0.00864. The van der Waals surface area contributed by atoms with E-state index in [2.05, 4.69) is 10.3 Å². The molecule has 0 unspecified atom stereocenters.